The highest BCUT2D eigenvalue weighted by Crippen LogP contribution is 2.58. The van der Waals surface area contributed by atoms with Gasteiger partial charge >= 0.3 is 12.1 Å². The van der Waals surface area contributed by atoms with E-state index in [9.17, 15) is 19.5 Å². The summed E-state index contributed by atoms with van der Waals surface area (Å²) in [5, 5.41) is 12.4. The maximum Gasteiger partial charge on any atom is 0.408 e. The number of carbonyl (C=O) groups is 3. The first-order valence-electron chi connectivity index (χ1n) is 11.6. The molecule has 2 atom stereocenters. The maximum atomic E-state index is 13.3. The van der Waals surface area contributed by atoms with Crippen LogP contribution in [0.2, 0.25) is 0 Å². The van der Waals surface area contributed by atoms with E-state index in [1.54, 1.807) is 4.90 Å². The van der Waals surface area contributed by atoms with Gasteiger partial charge in [0.2, 0.25) is 5.91 Å². The van der Waals surface area contributed by atoms with Gasteiger partial charge in [-0.05, 0) is 53.9 Å². The predicted octanol–water partition coefficient (Wildman–Crippen LogP) is 3.38. The zero-order valence-corrected chi connectivity index (χ0v) is 18.3. The van der Waals surface area contributed by atoms with E-state index in [4.69, 9.17) is 4.74 Å². The van der Waals surface area contributed by atoms with Gasteiger partial charge in [-0.2, -0.15) is 0 Å². The first-order valence-corrected chi connectivity index (χ1v) is 11.6. The number of fused-ring (bicyclic) bond motifs is 4. The normalized spacial score (nSPS) is 25.9. The van der Waals surface area contributed by atoms with Crippen LogP contribution in [0.4, 0.5) is 4.79 Å². The quantitative estimate of drug-likeness (QED) is 0.734. The Bertz CT molecular complexity index is 1130. The molecule has 0 bridgehead atoms. The van der Waals surface area contributed by atoms with Crippen molar-refractivity contribution in [1.29, 1.82) is 0 Å². The molecular weight excluding hydrogens is 420 g/mol. The highest BCUT2D eigenvalue weighted by molar-refractivity contribution is 5.92. The Kier molecular flexibility index (Phi) is 4.34. The molecule has 7 heteroatoms. The third kappa shape index (κ3) is 2.98. The standard InChI is InChI=1S/C26H26N2O5/c29-22(28-13-16-12-25(16,15-28)23(30)31)26(10-5-11-26)27-24(32)33-14-21-19-8-3-1-6-17(19)18-7-2-4-9-20(18)21/h1-4,6-9,16,21H,5,10-15H2,(H,27,32)(H,30,31). The van der Waals surface area contributed by atoms with Crippen LogP contribution in [-0.4, -0.2) is 53.2 Å². The molecule has 3 aliphatic carbocycles. The summed E-state index contributed by atoms with van der Waals surface area (Å²) in [6.07, 6.45) is 1.99. The highest BCUT2D eigenvalue weighted by Gasteiger charge is 2.67. The van der Waals surface area contributed by atoms with Crippen molar-refractivity contribution in [3.8, 4) is 11.1 Å². The van der Waals surface area contributed by atoms with Crippen LogP contribution in [-0.2, 0) is 14.3 Å². The first-order chi connectivity index (χ1) is 15.9. The topological polar surface area (TPSA) is 95.9 Å². The molecule has 2 aromatic rings. The Morgan fingerprint density at radius 1 is 1.03 bits per heavy atom. The van der Waals surface area contributed by atoms with Crippen LogP contribution in [0.15, 0.2) is 48.5 Å². The van der Waals surface area contributed by atoms with Crippen LogP contribution in [0.1, 0.15) is 42.7 Å². The van der Waals surface area contributed by atoms with Crippen molar-refractivity contribution >= 4 is 18.0 Å². The molecule has 4 aliphatic rings. The molecule has 2 N–H and O–H groups in total. The van der Waals surface area contributed by atoms with Crippen molar-refractivity contribution in [3.63, 3.8) is 0 Å². The van der Waals surface area contributed by atoms with Gasteiger partial charge in [-0.25, -0.2) is 4.79 Å². The molecule has 0 spiro atoms. The molecule has 0 radical (unpaired) electrons. The van der Waals surface area contributed by atoms with E-state index >= 15 is 0 Å². The Labute approximate surface area is 191 Å². The predicted molar refractivity (Wildman–Crippen MR) is 120 cm³/mol. The number of carboxylic acids is 1. The van der Waals surface area contributed by atoms with Crippen LogP contribution >= 0.6 is 0 Å². The van der Waals surface area contributed by atoms with E-state index < -0.39 is 23.0 Å². The number of nitrogens with one attached hydrogen (secondary N) is 1. The van der Waals surface area contributed by atoms with E-state index in [2.05, 4.69) is 29.6 Å². The van der Waals surface area contributed by atoms with E-state index in [1.807, 2.05) is 24.3 Å². The number of piperidine rings is 1. The molecule has 1 aliphatic heterocycles. The number of amides is 2. The Morgan fingerprint density at radius 3 is 2.21 bits per heavy atom. The van der Waals surface area contributed by atoms with Crippen molar-refractivity contribution in [2.75, 3.05) is 19.7 Å². The average molecular weight is 447 g/mol. The largest absolute Gasteiger partial charge is 0.481 e. The zero-order valence-electron chi connectivity index (χ0n) is 18.3. The van der Waals surface area contributed by atoms with Crippen LogP contribution < -0.4 is 5.32 Å². The molecule has 170 valence electrons. The lowest BCUT2D eigenvalue weighted by Gasteiger charge is -2.43. The van der Waals surface area contributed by atoms with Gasteiger partial charge in [-0.1, -0.05) is 48.5 Å². The lowest BCUT2D eigenvalue weighted by molar-refractivity contribution is -0.145. The molecule has 2 saturated carbocycles. The van der Waals surface area contributed by atoms with Crippen molar-refractivity contribution in [2.24, 2.45) is 11.3 Å². The number of carboxylic acid groups (broad SMARTS) is 1. The number of benzene rings is 2. The second-order valence-electron chi connectivity index (χ2n) is 9.93. The fraction of sp³-hybridized carbons (Fsp3) is 0.423. The second kappa shape index (κ2) is 7.07. The van der Waals surface area contributed by atoms with E-state index in [1.165, 1.54) is 0 Å². The number of likely N-dealkylation sites (tertiary alicyclic amines) is 1. The monoisotopic (exact) mass is 446 g/mol. The number of aliphatic carboxylic acids is 1. The minimum absolute atomic E-state index is 0.0329. The molecule has 2 unspecified atom stereocenters. The van der Waals surface area contributed by atoms with Gasteiger partial charge < -0.3 is 20.1 Å². The van der Waals surface area contributed by atoms with Crippen LogP contribution in [0.5, 0.6) is 0 Å². The zero-order chi connectivity index (χ0) is 22.8. The Morgan fingerprint density at radius 2 is 1.67 bits per heavy atom. The number of nitrogens with zero attached hydrogens (tertiary/aromatic N) is 1. The minimum atomic E-state index is -0.973. The number of hydrogen-bond acceptors (Lipinski definition) is 4. The number of carbonyl (C=O) groups excluding carboxylic acids is 2. The third-order valence-electron chi connectivity index (χ3n) is 8.16. The summed E-state index contributed by atoms with van der Waals surface area (Å²) in [6.45, 7) is 0.886. The maximum absolute atomic E-state index is 13.3. The van der Waals surface area contributed by atoms with E-state index in [0.717, 1.165) is 28.7 Å². The van der Waals surface area contributed by atoms with Crippen LogP contribution in [0.25, 0.3) is 11.1 Å². The fourth-order valence-corrected chi connectivity index (χ4v) is 6.02. The lowest BCUT2D eigenvalue weighted by atomic mass is 9.75. The molecule has 3 fully saturated rings. The smallest absolute Gasteiger partial charge is 0.408 e. The molecule has 1 saturated heterocycles. The third-order valence-corrected chi connectivity index (χ3v) is 8.16. The summed E-state index contributed by atoms with van der Waals surface area (Å²) in [7, 11) is 0. The Hall–Kier alpha value is -3.35. The van der Waals surface area contributed by atoms with Crippen LogP contribution in [0, 0.1) is 11.3 Å². The van der Waals surface area contributed by atoms with Gasteiger partial charge in [0.25, 0.3) is 0 Å². The van der Waals surface area contributed by atoms with Crippen molar-refractivity contribution in [3.05, 3.63) is 59.7 Å². The SMILES string of the molecule is O=C(NC1(C(=O)N2CC3CC3(C(=O)O)C2)CCC1)OCC1c2ccccc2-c2ccccc21. The van der Waals surface area contributed by atoms with Crippen molar-refractivity contribution in [1.82, 2.24) is 10.2 Å². The van der Waals surface area contributed by atoms with Gasteiger partial charge in [0.05, 0.1) is 5.41 Å². The number of alkyl carbamates (subject to hydrolysis) is 1. The number of ether oxygens (including phenoxy) is 1. The van der Waals surface area contributed by atoms with Gasteiger partial charge in [0, 0.05) is 19.0 Å². The molecule has 0 aromatic heterocycles. The lowest BCUT2D eigenvalue weighted by Crippen LogP contribution is -2.63. The molecule has 33 heavy (non-hydrogen) atoms. The first kappa shape index (κ1) is 20.3. The summed E-state index contributed by atoms with van der Waals surface area (Å²) in [4.78, 5) is 39.3. The summed E-state index contributed by atoms with van der Waals surface area (Å²) in [5.74, 6) is -1.01. The second-order valence-corrected chi connectivity index (χ2v) is 9.93. The summed E-state index contributed by atoms with van der Waals surface area (Å²) >= 11 is 0. The Balaban J connectivity index is 1.13. The van der Waals surface area contributed by atoms with Gasteiger partial charge in [0.1, 0.15) is 12.1 Å². The highest BCUT2D eigenvalue weighted by atomic mass is 16.5. The van der Waals surface area contributed by atoms with Gasteiger partial charge in [-0.3, -0.25) is 9.59 Å². The van der Waals surface area contributed by atoms with E-state index in [-0.39, 0.29) is 30.9 Å². The number of rotatable bonds is 5. The molecular formula is C26H26N2O5. The fourth-order valence-electron chi connectivity index (χ4n) is 6.02. The minimum Gasteiger partial charge on any atom is -0.481 e. The van der Waals surface area contributed by atoms with Gasteiger partial charge in [-0.15, -0.1) is 0 Å². The summed E-state index contributed by atoms with van der Waals surface area (Å²) in [6, 6.07) is 16.3. The average Bonchev–Trinajstić information content (AvgIpc) is 3.22. The van der Waals surface area contributed by atoms with Crippen molar-refractivity contribution < 1.29 is 24.2 Å². The summed E-state index contributed by atoms with van der Waals surface area (Å²) in [5.41, 5.74) is 2.84. The molecule has 6 rings (SSSR count). The molecule has 7 nitrogen and oxygen atoms in total. The molecule has 2 amide bonds. The van der Waals surface area contributed by atoms with Crippen LogP contribution in [0.3, 0.4) is 0 Å². The summed E-state index contributed by atoms with van der Waals surface area (Å²) < 4.78 is 5.66. The van der Waals surface area contributed by atoms with Gasteiger partial charge in [0.15, 0.2) is 0 Å². The number of hydrogen-bond donors (Lipinski definition) is 2. The molecule has 1 heterocycles. The molecule has 2 aromatic carbocycles. The van der Waals surface area contributed by atoms with Crippen molar-refractivity contribution in [2.45, 2.75) is 37.1 Å². The van der Waals surface area contributed by atoms with E-state index in [0.29, 0.717) is 25.8 Å².